The Kier molecular flexibility index (Phi) is 5.09. The number of carbonyl (C=O) groups is 2. The number of nitriles is 1. The Bertz CT molecular complexity index is 976. The van der Waals surface area contributed by atoms with E-state index in [9.17, 15) is 14.9 Å². The first-order valence-corrected chi connectivity index (χ1v) is 8.31. The van der Waals surface area contributed by atoms with Crippen molar-refractivity contribution in [3.05, 3.63) is 52.2 Å². The fourth-order valence-corrected chi connectivity index (χ4v) is 2.99. The molecule has 0 aliphatic rings. The molecule has 0 bridgehead atoms. The van der Waals surface area contributed by atoms with Crippen molar-refractivity contribution in [1.82, 2.24) is 25.2 Å². The molecule has 2 aromatic heterocycles. The summed E-state index contributed by atoms with van der Waals surface area (Å²) in [4.78, 5) is 28.5. The highest BCUT2D eigenvalue weighted by Crippen LogP contribution is 2.21. The van der Waals surface area contributed by atoms with Gasteiger partial charge in [0.25, 0.3) is 0 Å². The number of nitrogens with zero attached hydrogens (tertiary/aromatic N) is 6. The molecule has 10 heteroatoms. The predicted octanol–water partition coefficient (Wildman–Crippen LogP) is 1.46. The second-order valence-electron chi connectivity index (χ2n) is 5.24. The molecular formula is C16H12N6O3S. The average Bonchev–Trinajstić information content (AvgIpc) is 3.32. The Hall–Kier alpha value is -3.45. The highest BCUT2D eigenvalue weighted by Gasteiger charge is 2.24. The summed E-state index contributed by atoms with van der Waals surface area (Å²) < 4.78 is 6.44. The van der Waals surface area contributed by atoms with Crippen molar-refractivity contribution in [3.63, 3.8) is 0 Å². The summed E-state index contributed by atoms with van der Waals surface area (Å²) in [5.74, 6) is -2.25. The van der Waals surface area contributed by atoms with Crippen LogP contribution in [0, 0.1) is 18.3 Å². The van der Waals surface area contributed by atoms with Gasteiger partial charge in [0.05, 0.1) is 17.3 Å². The van der Waals surface area contributed by atoms with E-state index in [0.717, 1.165) is 5.69 Å². The van der Waals surface area contributed by atoms with Gasteiger partial charge in [-0.25, -0.2) is 14.5 Å². The van der Waals surface area contributed by atoms with Crippen molar-refractivity contribution >= 4 is 23.1 Å². The van der Waals surface area contributed by atoms with E-state index in [2.05, 4.69) is 20.5 Å². The molecule has 3 aromatic rings. The Morgan fingerprint density at radius 2 is 2.27 bits per heavy atom. The number of tetrazole rings is 1. The van der Waals surface area contributed by atoms with Gasteiger partial charge in [-0.05, 0) is 35.5 Å². The summed E-state index contributed by atoms with van der Waals surface area (Å²) in [6.07, 6.45) is 1.39. The zero-order valence-electron chi connectivity index (χ0n) is 13.6. The van der Waals surface area contributed by atoms with Crippen LogP contribution in [0.15, 0.2) is 36.0 Å². The average molecular weight is 368 g/mol. The molecule has 0 radical (unpaired) electrons. The predicted molar refractivity (Wildman–Crippen MR) is 89.6 cm³/mol. The third-order valence-corrected chi connectivity index (χ3v) is 4.40. The lowest BCUT2D eigenvalue weighted by atomic mass is 10.1. The number of hydrogen-bond donors (Lipinski definition) is 0. The lowest BCUT2D eigenvalue weighted by Crippen LogP contribution is -2.20. The fraction of sp³-hybridized carbons (Fsp3) is 0.188. The zero-order chi connectivity index (χ0) is 18.5. The number of Topliss-reactive ketones (excluding diaryl/α,β-unsaturated/α-hetero) is 1. The van der Waals surface area contributed by atoms with Gasteiger partial charge >= 0.3 is 5.97 Å². The molecule has 0 N–H and O–H groups in total. The third kappa shape index (κ3) is 3.79. The molecule has 9 nitrogen and oxygen atoms in total. The molecule has 1 aromatic carbocycles. The molecule has 0 saturated carbocycles. The topological polar surface area (TPSA) is 124 Å². The summed E-state index contributed by atoms with van der Waals surface area (Å²) in [6, 6.07) is 8.35. The minimum absolute atomic E-state index is 0.240. The number of thiazole rings is 1. The number of rotatable bonds is 6. The van der Waals surface area contributed by atoms with Crippen LogP contribution in [0.2, 0.25) is 0 Å². The van der Waals surface area contributed by atoms with E-state index in [1.165, 1.54) is 28.4 Å². The van der Waals surface area contributed by atoms with Crippen LogP contribution in [0.3, 0.4) is 0 Å². The largest absolute Gasteiger partial charge is 0.454 e. The normalized spacial score (nSPS) is 11.5. The van der Waals surface area contributed by atoms with Gasteiger partial charge in [0.15, 0.2) is 18.3 Å². The van der Waals surface area contributed by atoms with E-state index >= 15 is 0 Å². The third-order valence-electron chi connectivity index (χ3n) is 3.38. The molecule has 2 heterocycles. The quantitative estimate of drug-likeness (QED) is 0.599. The summed E-state index contributed by atoms with van der Waals surface area (Å²) in [5, 5.41) is 22.2. The van der Waals surface area contributed by atoms with E-state index in [1.54, 1.807) is 30.5 Å². The van der Waals surface area contributed by atoms with Crippen LogP contribution in [0.4, 0.5) is 0 Å². The van der Waals surface area contributed by atoms with Crippen LogP contribution in [-0.2, 0) is 9.53 Å². The van der Waals surface area contributed by atoms with Gasteiger partial charge in [0.1, 0.15) is 11.3 Å². The number of carbonyl (C=O) groups excluding carboxylic acids is 2. The number of ketones is 1. The van der Waals surface area contributed by atoms with Crippen LogP contribution < -0.4 is 0 Å². The van der Waals surface area contributed by atoms with E-state index < -0.39 is 24.3 Å². The fourth-order valence-electron chi connectivity index (χ4n) is 2.13. The number of hydrogen-bond acceptors (Lipinski definition) is 9. The number of benzene rings is 1. The minimum Gasteiger partial charge on any atom is -0.454 e. The first-order valence-electron chi connectivity index (χ1n) is 7.43. The first-order chi connectivity index (χ1) is 12.6. The molecule has 3 rings (SSSR count). The molecule has 0 spiro atoms. The Morgan fingerprint density at radius 3 is 2.92 bits per heavy atom. The molecule has 130 valence electrons. The van der Waals surface area contributed by atoms with Crippen molar-refractivity contribution in [1.29, 1.82) is 5.26 Å². The molecular weight excluding hydrogens is 356 g/mol. The van der Waals surface area contributed by atoms with Gasteiger partial charge < -0.3 is 4.74 Å². The van der Waals surface area contributed by atoms with Crippen LogP contribution in [0.1, 0.15) is 27.0 Å². The monoisotopic (exact) mass is 368 g/mol. The van der Waals surface area contributed by atoms with Gasteiger partial charge in [0, 0.05) is 11.1 Å². The van der Waals surface area contributed by atoms with Crippen molar-refractivity contribution in [2.24, 2.45) is 0 Å². The SMILES string of the molecule is Cc1csc([C@H](C#N)C(=O)COC(=O)c2cccc(-n3cnnn3)c2)n1. The van der Waals surface area contributed by atoms with Gasteiger partial charge in [-0.3, -0.25) is 4.79 Å². The van der Waals surface area contributed by atoms with Crippen LogP contribution in [0.5, 0.6) is 0 Å². The molecule has 0 fully saturated rings. The summed E-state index contributed by atoms with van der Waals surface area (Å²) in [5.41, 5.74) is 1.54. The first kappa shape index (κ1) is 17.4. The second-order valence-corrected chi connectivity index (χ2v) is 6.13. The standard InChI is InChI=1S/C16H12N6O3S/c1-10-8-26-15(19-10)13(6-17)14(23)7-25-16(24)11-3-2-4-12(5-11)22-9-18-20-21-22/h2-5,8-9,13H,7H2,1H3/t13-/m1/s1. The van der Waals surface area contributed by atoms with Gasteiger partial charge in [0.2, 0.25) is 0 Å². The number of aromatic nitrogens is 5. The van der Waals surface area contributed by atoms with Crippen LogP contribution >= 0.6 is 11.3 Å². The Morgan fingerprint density at radius 1 is 1.42 bits per heavy atom. The van der Waals surface area contributed by atoms with Gasteiger partial charge in [-0.2, -0.15) is 5.26 Å². The maximum Gasteiger partial charge on any atom is 0.338 e. The summed E-state index contributed by atoms with van der Waals surface area (Å²) >= 11 is 1.23. The van der Waals surface area contributed by atoms with Gasteiger partial charge in [-0.1, -0.05) is 6.07 Å². The number of esters is 1. The molecule has 0 amide bonds. The molecule has 0 aliphatic heterocycles. The number of aryl methyl sites for hydroxylation is 1. The number of ether oxygens (including phenoxy) is 1. The minimum atomic E-state index is -1.05. The van der Waals surface area contributed by atoms with E-state index in [4.69, 9.17) is 4.74 Å². The smallest absolute Gasteiger partial charge is 0.338 e. The van der Waals surface area contributed by atoms with E-state index in [-0.39, 0.29) is 5.56 Å². The lowest BCUT2D eigenvalue weighted by Gasteiger charge is -2.08. The molecule has 26 heavy (non-hydrogen) atoms. The maximum atomic E-state index is 12.2. The van der Waals surface area contributed by atoms with Crippen molar-refractivity contribution in [2.45, 2.75) is 12.8 Å². The van der Waals surface area contributed by atoms with Crippen molar-refractivity contribution in [2.75, 3.05) is 6.61 Å². The van der Waals surface area contributed by atoms with Crippen molar-refractivity contribution < 1.29 is 14.3 Å². The molecule has 0 aliphatic carbocycles. The van der Waals surface area contributed by atoms with Crippen LogP contribution in [0.25, 0.3) is 5.69 Å². The molecule has 0 saturated heterocycles. The van der Waals surface area contributed by atoms with Crippen molar-refractivity contribution in [3.8, 4) is 11.8 Å². The van der Waals surface area contributed by atoms with Crippen LogP contribution in [-0.4, -0.2) is 43.6 Å². The summed E-state index contributed by atoms with van der Waals surface area (Å²) in [6.45, 7) is 1.27. The second kappa shape index (κ2) is 7.62. The highest BCUT2D eigenvalue weighted by atomic mass is 32.1. The lowest BCUT2D eigenvalue weighted by molar-refractivity contribution is -0.122. The summed E-state index contributed by atoms with van der Waals surface area (Å²) in [7, 11) is 0. The Labute approximate surface area is 151 Å². The van der Waals surface area contributed by atoms with Gasteiger partial charge in [-0.15, -0.1) is 16.4 Å². The highest BCUT2D eigenvalue weighted by molar-refractivity contribution is 7.09. The molecule has 1 atom stereocenters. The maximum absolute atomic E-state index is 12.2. The zero-order valence-corrected chi connectivity index (χ0v) is 14.4. The van der Waals surface area contributed by atoms with E-state index in [1.807, 2.05) is 6.07 Å². The van der Waals surface area contributed by atoms with E-state index in [0.29, 0.717) is 10.7 Å². The Balaban J connectivity index is 1.66. The molecule has 0 unspecified atom stereocenters.